The Kier molecular flexibility index (Phi) is 7.30. The van der Waals surface area contributed by atoms with Crippen molar-refractivity contribution in [2.75, 3.05) is 20.2 Å². The summed E-state index contributed by atoms with van der Waals surface area (Å²) in [7, 11) is 1.99. The highest BCUT2D eigenvalue weighted by molar-refractivity contribution is 5.67. The summed E-state index contributed by atoms with van der Waals surface area (Å²) < 4.78 is 46.0. The van der Waals surface area contributed by atoms with E-state index in [1.165, 1.54) is 6.07 Å². The molecule has 0 amide bonds. The molecule has 4 nitrogen and oxygen atoms in total. The molecule has 1 aromatic heterocycles. The number of aromatic nitrogens is 2. The predicted molar refractivity (Wildman–Crippen MR) is 101 cm³/mol. The van der Waals surface area contributed by atoms with Crippen molar-refractivity contribution in [2.45, 2.75) is 46.3 Å². The molecular weight excluding hydrogens is 355 g/mol. The summed E-state index contributed by atoms with van der Waals surface area (Å²) in [6.45, 7) is 7.68. The number of H-pyrrole nitrogens is 1. The van der Waals surface area contributed by atoms with Crippen molar-refractivity contribution in [3.8, 4) is 16.9 Å². The first-order valence-electron chi connectivity index (χ1n) is 9.27. The number of benzene rings is 1. The maximum Gasteiger partial charge on any atom is 0.419 e. The molecule has 0 saturated carbocycles. The Labute approximate surface area is 158 Å². The first-order chi connectivity index (χ1) is 12.7. The third-order valence-corrected chi connectivity index (χ3v) is 4.21. The zero-order valence-corrected chi connectivity index (χ0v) is 16.4. The largest absolute Gasteiger partial charge is 0.493 e. The van der Waals surface area contributed by atoms with Crippen molar-refractivity contribution in [3.05, 3.63) is 35.7 Å². The van der Waals surface area contributed by atoms with Crippen LogP contribution in [-0.2, 0) is 12.7 Å². The van der Waals surface area contributed by atoms with Crippen molar-refractivity contribution >= 4 is 0 Å². The molecule has 0 fully saturated rings. The van der Waals surface area contributed by atoms with Gasteiger partial charge in [0.2, 0.25) is 0 Å². The summed E-state index contributed by atoms with van der Waals surface area (Å²) in [5.74, 6) is 0.00922. The van der Waals surface area contributed by atoms with Gasteiger partial charge >= 0.3 is 6.18 Å². The minimum Gasteiger partial charge on any atom is -0.493 e. The van der Waals surface area contributed by atoms with E-state index in [1.807, 2.05) is 20.9 Å². The second-order valence-corrected chi connectivity index (χ2v) is 7.27. The average molecular weight is 383 g/mol. The van der Waals surface area contributed by atoms with Gasteiger partial charge in [-0.3, -0.25) is 5.10 Å². The van der Waals surface area contributed by atoms with E-state index in [0.29, 0.717) is 17.7 Å². The predicted octanol–water partition coefficient (Wildman–Crippen LogP) is 5.36. The molecule has 150 valence electrons. The molecule has 0 aliphatic heterocycles. The Hall–Kier alpha value is -2.02. The van der Waals surface area contributed by atoms with E-state index < -0.39 is 11.7 Å². The molecule has 0 aliphatic rings. The van der Waals surface area contributed by atoms with Crippen molar-refractivity contribution in [3.63, 3.8) is 0 Å². The van der Waals surface area contributed by atoms with Gasteiger partial charge in [-0.2, -0.15) is 18.3 Å². The van der Waals surface area contributed by atoms with E-state index in [0.717, 1.165) is 31.1 Å². The first kappa shape index (κ1) is 21.3. The first-order valence-corrected chi connectivity index (χ1v) is 9.27. The van der Waals surface area contributed by atoms with Crippen LogP contribution in [0.5, 0.6) is 5.75 Å². The lowest BCUT2D eigenvalue weighted by atomic mass is 10.0. The van der Waals surface area contributed by atoms with E-state index in [1.54, 1.807) is 12.3 Å². The van der Waals surface area contributed by atoms with Crippen LogP contribution >= 0.6 is 0 Å². The number of alkyl halides is 3. The normalized spacial score (nSPS) is 12.2. The van der Waals surface area contributed by atoms with Crippen molar-refractivity contribution in [1.82, 2.24) is 15.1 Å². The lowest BCUT2D eigenvalue weighted by molar-refractivity contribution is -0.139. The van der Waals surface area contributed by atoms with Crippen molar-refractivity contribution < 1.29 is 17.9 Å². The quantitative estimate of drug-likeness (QED) is 0.634. The third kappa shape index (κ3) is 5.99. The molecule has 0 aliphatic carbocycles. The Morgan fingerprint density at radius 3 is 2.63 bits per heavy atom. The Bertz CT molecular complexity index is 726. The number of hydrogen-bond donors (Lipinski definition) is 1. The Morgan fingerprint density at radius 1 is 1.26 bits per heavy atom. The topological polar surface area (TPSA) is 41.2 Å². The van der Waals surface area contributed by atoms with Crippen LogP contribution in [0.15, 0.2) is 24.4 Å². The second kappa shape index (κ2) is 9.26. The zero-order valence-electron chi connectivity index (χ0n) is 16.4. The van der Waals surface area contributed by atoms with Gasteiger partial charge in [-0.05, 0) is 43.6 Å². The number of ether oxygens (including phenoxy) is 1. The van der Waals surface area contributed by atoms with Gasteiger partial charge in [0.05, 0.1) is 24.1 Å². The number of hydrogen-bond acceptors (Lipinski definition) is 3. The fraction of sp³-hybridized carbons (Fsp3) is 0.550. The molecule has 1 aromatic carbocycles. The average Bonchev–Trinajstić information content (AvgIpc) is 3.05. The molecule has 2 aromatic rings. The monoisotopic (exact) mass is 383 g/mol. The van der Waals surface area contributed by atoms with Gasteiger partial charge in [-0.15, -0.1) is 0 Å². The number of nitrogens with zero attached hydrogens (tertiary/aromatic N) is 2. The highest BCUT2D eigenvalue weighted by Gasteiger charge is 2.35. The van der Waals surface area contributed by atoms with Gasteiger partial charge in [0.15, 0.2) is 0 Å². The van der Waals surface area contributed by atoms with E-state index in [-0.39, 0.29) is 18.3 Å². The Balaban J connectivity index is 2.30. The lowest BCUT2D eigenvalue weighted by Crippen LogP contribution is -2.19. The smallest absolute Gasteiger partial charge is 0.419 e. The SMILES string of the molecule is CCCCN(C)Cc1[nH]ncc1-c1ccc(OCC(C)C)c(C(F)(F)F)c1. The highest BCUT2D eigenvalue weighted by atomic mass is 19.4. The van der Waals surface area contributed by atoms with Gasteiger partial charge in [0.25, 0.3) is 0 Å². The van der Waals surface area contributed by atoms with Crippen molar-refractivity contribution in [1.29, 1.82) is 0 Å². The van der Waals surface area contributed by atoms with Crippen molar-refractivity contribution in [2.24, 2.45) is 5.92 Å². The number of aromatic amines is 1. The minimum absolute atomic E-state index is 0.134. The molecular formula is C20H28F3N3O. The fourth-order valence-corrected chi connectivity index (χ4v) is 2.76. The summed E-state index contributed by atoms with van der Waals surface area (Å²) in [6, 6.07) is 4.21. The molecule has 0 spiro atoms. The number of nitrogens with one attached hydrogen (secondary N) is 1. The number of unbranched alkanes of at least 4 members (excludes halogenated alkanes) is 1. The fourth-order valence-electron chi connectivity index (χ4n) is 2.76. The van der Waals surface area contributed by atoms with E-state index in [2.05, 4.69) is 22.0 Å². The standard InChI is InChI=1S/C20H28F3N3O/c1-5-6-9-26(4)12-18-16(11-24-25-18)15-7-8-19(27-13-14(2)3)17(10-15)20(21,22)23/h7-8,10-11,14H,5-6,9,12-13H2,1-4H3,(H,24,25). The summed E-state index contributed by atoms with van der Waals surface area (Å²) in [4.78, 5) is 2.13. The molecule has 2 rings (SSSR count). The molecule has 7 heteroatoms. The van der Waals surface area contributed by atoms with Gasteiger partial charge in [-0.25, -0.2) is 0 Å². The minimum atomic E-state index is -4.48. The molecule has 0 atom stereocenters. The molecule has 1 heterocycles. The highest BCUT2D eigenvalue weighted by Crippen LogP contribution is 2.39. The molecule has 0 radical (unpaired) electrons. The van der Waals surface area contributed by atoms with E-state index in [9.17, 15) is 13.2 Å². The summed E-state index contributed by atoms with van der Waals surface area (Å²) >= 11 is 0. The van der Waals surface area contributed by atoms with Crippen LogP contribution in [0.25, 0.3) is 11.1 Å². The molecule has 0 bridgehead atoms. The van der Waals surface area contributed by atoms with Gasteiger partial charge < -0.3 is 9.64 Å². The molecule has 0 saturated heterocycles. The molecule has 27 heavy (non-hydrogen) atoms. The van der Waals surface area contributed by atoms with Crippen LogP contribution in [0.1, 0.15) is 44.9 Å². The Morgan fingerprint density at radius 2 is 2.00 bits per heavy atom. The second-order valence-electron chi connectivity index (χ2n) is 7.27. The summed E-state index contributed by atoms with van der Waals surface area (Å²) in [6.07, 6.45) is -0.746. The maximum atomic E-state index is 13.5. The van der Waals surface area contributed by atoms with Crippen LogP contribution in [0.2, 0.25) is 0 Å². The van der Waals surface area contributed by atoms with E-state index in [4.69, 9.17) is 4.74 Å². The van der Waals surface area contributed by atoms with E-state index >= 15 is 0 Å². The third-order valence-electron chi connectivity index (χ3n) is 4.21. The van der Waals surface area contributed by atoms with Gasteiger partial charge in [-0.1, -0.05) is 33.3 Å². The van der Waals surface area contributed by atoms with Crippen LogP contribution in [-0.4, -0.2) is 35.3 Å². The number of halogens is 3. The van der Waals surface area contributed by atoms with Crippen LogP contribution in [0.4, 0.5) is 13.2 Å². The summed E-state index contributed by atoms with van der Waals surface area (Å²) in [5.41, 5.74) is 1.20. The molecule has 1 N–H and O–H groups in total. The van der Waals surface area contributed by atoms with Gasteiger partial charge in [0, 0.05) is 12.1 Å². The molecule has 0 unspecified atom stereocenters. The van der Waals surface area contributed by atoms with Crippen LogP contribution < -0.4 is 4.74 Å². The zero-order chi connectivity index (χ0) is 20.0. The van der Waals surface area contributed by atoms with Gasteiger partial charge in [0.1, 0.15) is 5.75 Å². The number of rotatable bonds is 9. The lowest BCUT2D eigenvalue weighted by Gasteiger charge is -2.18. The summed E-state index contributed by atoms with van der Waals surface area (Å²) in [5, 5.41) is 6.96. The van der Waals surface area contributed by atoms with Crippen LogP contribution in [0, 0.1) is 5.92 Å². The van der Waals surface area contributed by atoms with Crippen LogP contribution in [0.3, 0.4) is 0 Å². The maximum absolute atomic E-state index is 13.5.